The van der Waals surface area contributed by atoms with Crippen LogP contribution in [-0.2, 0) is 10.0 Å². The first-order valence-electron chi connectivity index (χ1n) is 8.83. The number of carbonyl (C=O) groups is 1. The fourth-order valence-corrected chi connectivity index (χ4v) is 4.05. The van der Waals surface area contributed by atoms with Gasteiger partial charge in [-0.25, -0.2) is 17.9 Å². The summed E-state index contributed by atoms with van der Waals surface area (Å²) in [6.45, 7) is 0.981. The zero-order valence-electron chi connectivity index (χ0n) is 14.5. The predicted octanol–water partition coefficient (Wildman–Crippen LogP) is 0.582. The van der Waals surface area contributed by atoms with Crippen molar-refractivity contribution in [1.29, 1.82) is 0 Å². The summed E-state index contributed by atoms with van der Waals surface area (Å²) in [5.74, 6) is 0.250. The smallest absolute Gasteiger partial charge is 0.321 e. The maximum Gasteiger partial charge on any atom is 0.321 e. The van der Waals surface area contributed by atoms with Crippen molar-refractivity contribution < 1.29 is 23.4 Å². The van der Waals surface area contributed by atoms with Gasteiger partial charge in [-0.2, -0.15) is 0 Å². The van der Waals surface area contributed by atoms with Crippen molar-refractivity contribution in [1.82, 2.24) is 9.62 Å². The minimum Gasteiger partial charge on any atom is -0.396 e. The molecule has 1 aromatic rings. The van der Waals surface area contributed by atoms with Crippen molar-refractivity contribution >= 4 is 21.7 Å². The average molecular weight is 383 g/mol. The number of hydrogen-bond donors (Lipinski definition) is 4. The number of amides is 2. The molecule has 1 aromatic carbocycles. The van der Waals surface area contributed by atoms with Gasteiger partial charge in [0, 0.05) is 37.8 Å². The topological polar surface area (TPSA) is 119 Å². The number of β-amino-alcohol motifs (C(OH)–C–C–N with tert-alkyl or cyclic N) is 1. The molecule has 0 aromatic heterocycles. The Labute approximate surface area is 153 Å². The second-order valence-corrected chi connectivity index (χ2v) is 8.76. The Morgan fingerprint density at radius 2 is 1.88 bits per heavy atom. The van der Waals surface area contributed by atoms with Crippen LogP contribution in [0.4, 0.5) is 10.5 Å². The number of likely N-dealkylation sites (tertiary alicyclic amines) is 1. The number of urea groups is 1. The minimum atomic E-state index is -3.53. The number of rotatable bonds is 6. The molecular formula is C17H25N3O5S. The third kappa shape index (κ3) is 4.73. The van der Waals surface area contributed by atoms with E-state index in [1.807, 2.05) is 0 Å². The molecule has 2 atom stereocenters. The van der Waals surface area contributed by atoms with Crippen molar-refractivity contribution in [2.75, 3.05) is 31.6 Å². The van der Waals surface area contributed by atoms with E-state index in [1.165, 1.54) is 17.0 Å². The highest BCUT2D eigenvalue weighted by Gasteiger charge is 2.29. The van der Waals surface area contributed by atoms with E-state index in [0.29, 0.717) is 31.1 Å². The number of sulfonamides is 1. The largest absolute Gasteiger partial charge is 0.396 e. The van der Waals surface area contributed by atoms with Crippen LogP contribution in [-0.4, -0.2) is 61.9 Å². The van der Waals surface area contributed by atoms with E-state index in [0.717, 1.165) is 12.8 Å². The minimum absolute atomic E-state index is 0.0959. The molecule has 0 bridgehead atoms. The average Bonchev–Trinajstić information content (AvgIpc) is 3.45. The maximum atomic E-state index is 12.3. The van der Waals surface area contributed by atoms with Crippen LogP contribution in [0.2, 0.25) is 0 Å². The Kier molecular flexibility index (Phi) is 5.81. The molecule has 1 saturated heterocycles. The Morgan fingerprint density at radius 1 is 1.19 bits per heavy atom. The molecule has 0 radical (unpaired) electrons. The molecule has 2 fully saturated rings. The third-order valence-electron chi connectivity index (χ3n) is 4.92. The highest BCUT2D eigenvalue weighted by molar-refractivity contribution is 7.89. The van der Waals surface area contributed by atoms with Crippen molar-refractivity contribution in [3.05, 3.63) is 24.3 Å². The Hall–Kier alpha value is -1.68. The van der Waals surface area contributed by atoms with Crippen LogP contribution in [0.5, 0.6) is 0 Å². The summed E-state index contributed by atoms with van der Waals surface area (Å²) >= 11 is 0. The molecule has 9 heteroatoms. The molecule has 1 heterocycles. The molecule has 26 heavy (non-hydrogen) atoms. The summed E-state index contributed by atoms with van der Waals surface area (Å²) in [6.07, 6.45) is 1.93. The number of hydrogen-bond acceptors (Lipinski definition) is 5. The first kappa shape index (κ1) is 19.1. The van der Waals surface area contributed by atoms with E-state index in [4.69, 9.17) is 5.11 Å². The molecule has 0 unspecified atom stereocenters. The first-order chi connectivity index (χ1) is 12.4. The zero-order valence-corrected chi connectivity index (χ0v) is 15.3. The van der Waals surface area contributed by atoms with Crippen molar-refractivity contribution in [3.63, 3.8) is 0 Å². The second-order valence-electron chi connectivity index (χ2n) is 6.99. The lowest BCUT2D eigenvalue weighted by molar-refractivity contribution is 0.0123. The molecule has 1 aliphatic carbocycles. The van der Waals surface area contributed by atoms with Crippen LogP contribution >= 0.6 is 0 Å². The van der Waals surface area contributed by atoms with Gasteiger partial charge in [0.2, 0.25) is 10.0 Å². The summed E-state index contributed by atoms with van der Waals surface area (Å²) in [7, 11) is -3.53. The molecule has 144 valence electrons. The van der Waals surface area contributed by atoms with E-state index in [9.17, 15) is 18.3 Å². The number of benzene rings is 1. The van der Waals surface area contributed by atoms with Crippen molar-refractivity contribution in [2.45, 2.75) is 30.3 Å². The number of carbonyl (C=O) groups excluding carboxylic acids is 1. The normalized spacial score (nSPS) is 23.7. The number of aliphatic hydroxyl groups is 2. The van der Waals surface area contributed by atoms with Gasteiger partial charge < -0.3 is 20.4 Å². The second kappa shape index (κ2) is 7.91. The van der Waals surface area contributed by atoms with Gasteiger partial charge in [-0.15, -0.1) is 0 Å². The molecule has 3 rings (SSSR count). The van der Waals surface area contributed by atoms with Gasteiger partial charge in [-0.3, -0.25) is 0 Å². The fraction of sp³-hybridized carbons (Fsp3) is 0.588. The van der Waals surface area contributed by atoms with Gasteiger partial charge in [-0.05, 0) is 49.4 Å². The van der Waals surface area contributed by atoms with Crippen LogP contribution in [0.25, 0.3) is 0 Å². The maximum absolute atomic E-state index is 12.3. The van der Waals surface area contributed by atoms with E-state index < -0.39 is 16.1 Å². The van der Waals surface area contributed by atoms with Gasteiger partial charge in [0.15, 0.2) is 0 Å². The van der Waals surface area contributed by atoms with Crippen LogP contribution in [0.3, 0.4) is 0 Å². The number of nitrogens with zero attached hydrogens (tertiary/aromatic N) is 1. The summed E-state index contributed by atoms with van der Waals surface area (Å²) in [6, 6.07) is 5.64. The molecule has 2 amide bonds. The number of anilines is 1. The fourth-order valence-electron chi connectivity index (χ4n) is 2.93. The van der Waals surface area contributed by atoms with Crippen LogP contribution < -0.4 is 10.0 Å². The van der Waals surface area contributed by atoms with E-state index in [2.05, 4.69) is 10.0 Å². The standard InChI is InChI=1S/C17H25N3O5S/c21-11-13-7-8-20(10-16(13)22)17(23)19-14-3-5-15(6-4-14)26(24,25)18-9-12-1-2-12/h3-6,12-13,16,18,21-22H,1-2,7-11H2,(H,19,23)/t13-,16+/m1/s1. The Balaban J connectivity index is 1.56. The molecule has 2 aliphatic rings. The summed E-state index contributed by atoms with van der Waals surface area (Å²) in [5, 5.41) is 21.8. The molecule has 4 N–H and O–H groups in total. The van der Waals surface area contributed by atoms with Crippen LogP contribution in [0.1, 0.15) is 19.3 Å². The Morgan fingerprint density at radius 3 is 2.46 bits per heavy atom. The van der Waals surface area contributed by atoms with Crippen molar-refractivity contribution in [2.24, 2.45) is 11.8 Å². The van der Waals surface area contributed by atoms with Gasteiger partial charge >= 0.3 is 6.03 Å². The lowest BCUT2D eigenvalue weighted by atomic mass is 9.95. The SMILES string of the molecule is O=C(Nc1ccc(S(=O)(=O)NCC2CC2)cc1)N1CC[C@H](CO)[C@@H](O)C1. The summed E-state index contributed by atoms with van der Waals surface area (Å²) in [4.78, 5) is 13.9. The van der Waals surface area contributed by atoms with Crippen LogP contribution in [0.15, 0.2) is 29.2 Å². The lowest BCUT2D eigenvalue weighted by Crippen LogP contribution is -2.49. The van der Waals surface area contributed by atoms with Gasteiger partial charge in [0.25, 0.3) is 0 Å². The number of nitrogens with one attached hydrogen (secondary N) is 2. The van der Waals surface area contributed by atoms with Crippen molar-refractivity contribution in [3.8, 4) is 0 Å². The molecule has 1 aliphatic heterocycles. The molecule has 1 saturated carbocycles. The van der Waals surface area contributed by atoms with E-state index in [-0.39, 0.29) is 30.0 Å². The predicted molar refractivity (Wildman–Crippen MR) is 96.1 cm³/mol. The quantitative estimate of drug-likeness (QED) is 0.573. The monoisotopic (exact) mass is 383 g/mol. The highest BCUT2D eigenvalue weighted by atomic mass is 32.2. The zero-order chi connectivity index (χ0) is 18.7. The van der Waals surface area contributed by atoms with E-state index >= 15 is 0 Å². The van der Waals surface area contributed by atoms with Crippen LogP contribution in [0, 0.1) is 11.8 Å². The van der Waals surface area contributed by atoms with Gasteiger partial charge in [-0.1, -0.05) is 0 Å². The number of piperidine rings is 1. The Bertz CT molecular complexity index is 733. The molecule has 0 spiro atoms. The van der Waals surface area contributed by atoms with E-state index in [1.54, 1.807) is 12.1 Å². The highest BCUT2D eigenvalue weighted by Crippen LogP contribution is 2.28. The third-order valence-corrected chi connectivity index (χ3v) is 6.36. The lowest BCUT2D eigenvalue weighted by Gasteiger charge is -2.35. The summed E-state index contributed by atoms with van der Waals surface area (Å²) in [5.41, 5.74) is 0.481. The summed E-state index contributed by atoms with van der Waals surface area (Å²) < 4.78 is 27.0. The molecular weight excluding hydrogens is 358 g/mol. The molecule has 8 nitrogen and oxygen atoms in total. The van der Waals surface area contributed by atoms with Gasteiger partial charge in [0.05, 0.1) is 11.0 Å². The van der Waals surface area contributed by atoms with Gasteiger partial charge in [0.1, 0.15) is 0 Å². The number of aliphatic hydroxyl groups excluding tert-OH is 2. The first-order valence-corrected chi connectivity index (χ1v) is 10.3.